The average Bonchev–Trinajstić information content (AvgIpc) is 2.25. The van der Waals surface area contributed by atoms with Gasteiger partial charge in [-0.25, -0.2) is 8.78 Å². The third-order valence-electron chi connectivity index (χ3n) is 3.19. The van der Waals surface area contributed by atoms with Crippen molar-refractivity contribution >= 4 is 0 Å². The molecule has 0 radical (unpaired) electrons. The van der Waals surface area contributed by atoms with Crippen LogP contribution < -0.4 is 5.73 Å². The Morgan fingerprint density at radius 3 is 2.06 bits per heavy atom. The topological polar surface area (TPSA) is 26.0 Å². The van der Waals surface area contributed by atoms with E-state index in [0.717, 1.165) is 12.0 Å². The van der Waals surface area contributed by atoms with Crippen LogP contribution in [0.3, 0.4) is 0 Å². The van der Waals surface area contributed by atoms with E-state index >= 15 is 0 Å². The van der Waals surface area contributed by atoms with Crippen LogP contribution in [0.15, 0.2) is 24.3 Å². The molecule has 3 heteroatoms. The number of hydrogen-bond donors (Lipinski definition) is 1. The maximum atomic E-state index is 14.0. The van der Waals surface area contributed by atoms with Gasteiger partial charge in [0.1, 0.15) is 0 Å². The Kier molecular flexibility index (Phi) is 4.49. The molecule has 0 amide bonds. The molecule has 0 saturated heterocycles. The van der Waals surface area contributed by atoms with Gasteiger partial charge in [-0.05, 0) is 31.7 Å². The van der Waals surface area contributed by atoms with E-state index in [-0.39, 0.29) is 12.0 Å². The Morgan fingerprint density at radius 1 is 1.17 bits per heavy atom. The maximum Gasteiger partial charge on any atom is 0.274 e. The summed E-state index contributed by atoms with van der Waals surface area (Å²) >= 11 is 0. The highest BCUT2D eigenvalue weighted by Gasteiger charge is 2.36. The Bertz CT molecular complexity index is 376. The van der Waals surface area contributed by atoms with Gasteiger partial charge in [-0.3, -0.25) is 0 Å². The lowest BCUT2D eigenvalue weighted by Gasteiger charge is -2.26. The molecule has 0 saturated carbocycles. The summed E-state index contributed by atoms with van der Waals surface area (Å²) < 4.78 is 28.0. The highest BCUT2D eigenvalue weighted by Crippen LogP contribution is 2.35. The van der Waals surface area contributed by atoms with Crippen LogP contribution in [0.1, 0.15) is 57.6 Å². The van der Waals surface area contributed by atoms with Gasteiger partial charge in [-0.2, -0.15) is 0 Å². The molecule has 1 aromatic carbocycles. The van der Waals surface area contributed by atoms with Crippen LogP contribution >= 0.6 is 0 Å². The third kappa shape index (κ3) is 4.05. The van der Waals surface area contributed by atoms with E-state index in [0.29, 0.717) is 5.92 Å². The van der Waals surface area contributed by atoms with Gasteiger partial charge >= 0.3 is 0 Å². The van der Waals surface area contributed by atoms with Crippen LogP contribution in [-0.4, -0.2) is 5.54 Å². The first-order valence-corrected chi connectivity index (χ1v) is 6.43. The minimum atomic E-state index is -2.87. The van der Waals surface area contributed by atoms with Gasteiger partial charge in [0.2, 0.25) is 0 Å². The SMILES string of the molecule is CCC(C)c1ccc(C(F)(F)CC(C)(C)N)cc1. The summed E-state index contributed by atoms with van der Waals surface area (Å²) in [6.45, 7) is 7.42. The first kappa shape index (κ1) is 15.1. The second kappa shape index (κ2) is 5.35. The molecule has 18 heavy (non-hydrogen) atoms. The fraction of sp³-hybridized carbons (Fsp3) is 0.600. The molecule has 2 N–H and O–H groups in total. The van der Waals surface area contributed by atoms with Crippen molar-refractivity contribution in [1.29, 1.82) is 0 Å². The second-order valence-electron chi connectivity index (χ2n) is 5.80. The molecular formula is C15H23F2N. The minimum Gasteiger partial charge on any atom is -0.325 e. The van der Waals surface area contributed by atoms with Crippen molar-refractivity contribution < 1.29 is 8.78 Å². The molecule has 1 aromatic rings. The summed E-state index contributed by atoms with van der Waals surface area (Å²) in [5.41, 5.74) is 5.95. The summed E-state index contributed by atoms with van der Waals surface area (Å²) in [6, 6.07) is 6.63. The summed E-state index contributed by atoms with van der Waals surface area (Å²) in [4.78, 5) is 0. The van der Waals surface area contributed by atoms with E-state index in [1.54, 1.807) is 26.0 Å². The van der Waals surface area contributed by atoms with E-state index in [2.05, 4.69) is 13.8 Å². The van der Waals surface area contributed by atoms with Gasteiger partial charge in [0.05, 0.1) is 0 Å². The zero-order valence-corrected chi connectivity index (χ0v) is 11.6. The van der Waals surface area contributed by atoms with E-state index in [1.807, 2.05) is 0 Å². The molecule has 0 spiro atoms. The van der Waals surface area contributed by atoms with Crippen molar-refractivity contribution in [2.24, 2.45) is 5.73 Å². The molecule has 1 nitrogen and oxygen atoms in total. The number of rotatable bonds is 5. The summed E-state index contributed by atoms with van der Waals surface area (Å²) in [6.07, 6.45) is 0.661. The first-order valence-electron chi connectivity index (χ1n) is 6.43. The monoisotopic (exact) mass is 255 g/mol. The first-order chi connectivity index (χ1) is 8.15. The number of alkyl halides is 2. The number of hydrogen-bond acceptors (Lipinski definition) is 1. The summed E-state index contributed by atoms with van der Waals surface area (Å²) in [5.74, 6) is -2.47. The zero-order chi connectivity index (χ0) is 14.0. The summed E-state index contributed by atoms with van der Waals surface area (Å²) in [5, 5.41) is 0. The van der Waals surface area contributed by atoms with Gasteiger partial charge in [-0.1, -0.05) is 38.1 Å². The molecule has 1 atom stereocenters. The normalized spacial score (nSPS) is 14.6. The molecule has 0 bridgehead atoms. The molecule has 1 unspecified atom stereocenters. The van der Waals surface area contributed by atoms with Crippen molar-refractivity contribution in [3.8, 4) is 0 Å². The van der Waals surface area contributed by atoms with Crippen molar-refractivity contribution in [2.45, 2.75) is 57.9 Å². The third-order valence-corrected chi connectivity index (χ3v) is 3.19. The van der Waals surface area contributed by atoms with Crippen molar-refractivity contribution in [2.75, 3.05) is 0 Å². The molecule has 0 aliphatic rings. The Labute approximate surface area is 108 Å². The largest absolute Gasteiger partial charge is 0.325 e. The predicted octanol–water partition coefficient (Wildman–Crippen LogP) is 4.42. The van der Waals surface area contributed by atoms with Crippen LogP contribution in [0.2, 0.25) is 0 Å². The van der Waals surface area contributed by atoms with E-state index in [4.69, 9.17) is 5.73 Å². The molecule has 102 valence electrons. The van der Waals surface area contributed by atoms with E-state index < -0.39 is 11.5 Å². The van der Waals surface area contributed by atoms with Crippen LogP contribution in [0.25, 0.3) is 0 Å². The predicted molar refractivity (Wildman–Crippen MR) is 71.9 cm³/mol. The van der Waals surface area contributed by atoms with Crippen LogP contribution in [-0.2, 0) is 5.92 Å². The van der Waals surface area contributed by atoms with E-state index in [9.17, 15) is 8.78 Å². The Morgan fingerprint density at radius 2 is 1.67 bits per heavy atom. The molecule has 0 aliphatic heterocycles. The van der Waals surface area contributed by atoms with Crippen molar-refractivity contribution in [3.63, 3.8) is 0 Å². The molecule has 1 rings (SSSR count). The fourth-order valence-electron chi connectivity index (χ4n) is 1.97. The Balaban J connectivity index is 2.90. The second-order valence-corrected chi connectivity index (χ2v) is 5.80. The van der Waals surface area contributed by atoms with Crippen molar-refractivity contribution in [3.05, 3.63) is 35.4 Å². The zero-order valence-electron chi connectivity index (χ0n) is 11.6. The summed E-state index contributed by atoms with van der Waals surface area (Å²) in [7, 11) is 0. The maximum absolute atomic E-state index is 14.0. The lowest BCUT2D eigenvalue weighted by molar-refractivity contribution is -0.0295. The lowest BCUT2D eigenvalue weighted by Crippen LogP contribution is -2.38. The van der Waals surface area contributed by atoms with Gasteiger partial charge in [0.25, 0.3) is 5.92 Å². The van der Waals surface area contributed by atoms with Gasteiger partial charge in [0.15, 0.2) is 0 Å². The Hall–Kier alpha value is -0.960. The molecule has 0 fully saturated rings. The molecule has 0 heterocycles. The van der Waals surface area contributed by atoms with Gasteiger partial charge in [-0.15, -0.1) is 0 Å². The number of nitrogens with two attached hydrogens (primary N) is 1. The van der Waals surface area contributed by atoms with Crippen LogP contribution in [0.4, 0.5) is 8.78 Å². The van der Waals surface area contributed by atoms with Gasteiger partial charge in [0, 0.05) is 17.5 Å². The quantitative estimate of drug-likeness (QED) is 0.828. The van der Waals surface area contributed by atoms with Gasteiger partial charge < -0.3 is 5.73 Å². The average molecular weight is 255 g/mol. The fourth-order valence-corrected chi connectivity index (χ4v) is 1.97. The van der Waals surface area contributed by atoms with Crippen LogP contribution in [0.5, 0.6) is 0 Å². The van der Waals surface area contributed by atoms with Crippen LogP contribution in [0, 0.1) is 0 Å². The highest BCUT2D eigenvalue weighted by atomic mass is 19.3. The molecule has 0 aromatic heterocycles. The number of halogens is 2. The van der Waals surface area contributed by atoms with E-state index in [1.165, 1.54) is 12.1 Å². The highest BCUT2D eigenvalue weighted by molar-refractivity contribution is 5.28. The number of benzene rings is 1. The standard InChI is InChI=1S/C15H23F2N/c1-5-11(2)12-6-8-13(9-7-12)15(16,17)10-14(3,4)18/h6-9,11H,5,10,18H2,1-4H3. The van der Waals surface area contributed by atoms with Crippen molar-refractivity contribution in [1.82, 2.24) is 0 Å². The minimum absolute atomic E-state index is 0.0491. The lowest BCUT2D eigenvalue weighted by atomic mass is 9.91. The molecule has 0 aliphatic carbocycles. The smallest absolute Gasteiger partial charge is 0.274 e. The molecular weight excluding hydrogens is 232 g/mol.